The maximum Gasteiger partial charge on any atom is 0.0745 e. The summed E-state index contributed by atoms with van der Waals surface area (Å²) in [5, 5.41) is 0. The summed E-state index contributed by atoms with van der Waals surface area (Å²) in [6, 6.07) is 53.6. The third-order valence-corrected chi connectivity index (χ3v) is 10.5. The van der Waals surface area contributed by atoms with E-state index in [2.05, 4.69) is 146 Å². The number of rotatable bonds is 2. The van der Waals surface area contributed by atoms with Gasteiger partial charge in [0.1, 0.15) is 0 Å². The lowest BCUT2D eigenvalue weighted by molar-refractivity contribution is 0.668. The second-order valence-electron chi connectivity index (χ2n) is 10.0. The molecule has 0 radical (unpaired) electrons. The molecule has 0 atom stereocenters. The Kier molecular flexibility index (Phi) is 5.33. The molecule has 6 aromatic rings. The lowest BCUT2D eigenvalue weighted by Gasteiger charge is -2.46. The van der Waals surface area contributed by atoms with Gasteiger partial charge in [0, 0.05) is 19.6 Å². The van der Waals surface area contributed by atoms with Crippen molar-refractivity contribution in [3.8, 4) is 22.3 Å². The van der Waals surface area contributed by atoms with Gasteiger partial charge < -0.3 is 0 Å². The lowest BCUT2D eigenvalue weighted by Crippen LogP contribution is -2.37. The summed E-state index contributed by atoms with van der Waals surface area (Å²) in [5.41, 5.74) is 10.2. The summed E-state index contributed by atoms with van der Waals surface area (Å²) >= 11 is 3.83. The first-order chi connectivity index (χ1) is 19.4. The first-order valence-corrected chi connectivity index (χ1v) is 14.9. The Bertz CT molecular complexity index is 1720. The van der Waals surface area contributed by atoms with Crippen LogP contribution in [0, 0.1) is 0 Å². The monoisotopic (exact) mass is 532 g/mol. The van der Waals surface area contributed by atoms with E-state index in [1.165, 1.54) is 64.1 Å². The normalized spacial score (nSPS) is 14.2. The van der Waals surface area contributed by atoms with Crippen LogP contribution < -0.4 is 0 Å². The average molecular weight is 533 g/mol. The van der Waals surface area contributed by atoms with Crippen LogP contribution >= 0.6 is 23.5 Å². The van der Waals surface area contributed by atoms with E-state index in [9.17, 15) is 0 Å². The summed E-state index contributed by atoms with van der Waals surface area (Å²) in [6.07, 6.45) is 0. The quantitative estimate of drug-likeness (QED) is 0.217. The zero-order chi connectivity index (χ0) is 25.8. The third-order valence-electron chi connectivity index (χ3n) is 8.01. The minimum atomic E-state index is -0.413. The largest absolute Gasteiger partial charge is 0.0888 e. The van der Waals surface area contributed by atoms with Crippen LogP contribution in [0.4, 0.5) is 0 Å². The van der Waals surface area contributed by atoms with E-state index >= 15 is 0 Å². The fourth-order valence-corrected chi connectivity index (χ4v) is 9.05. The van der Waals surface area contributed by atoms with Crippen molar-refractivity contribution in [3.63, 3.8) is 0 Å². The molecule has 0 fully saturated rings. The molecule has 8 rings (SSSR count). The first-order valence-electron chi connectivity index (χ1n) is 13.3. The summed E-state index contributed by atoms with van der Waals surface area (Å²) in [6.45, 7) is 0. The van der Waals surface area contributed by atoms with Crippen molar-refractivity contribution in [2.75, 3.05) is 0 Å². The molecule has 1 spiro atoms. The Morgan fingerprint density at radius 3 is 1.18 bits per heavy atom. The molecule has 0 saturated carbocycles. The predicted octanol–water partition coefficient (Wildman–Crippen LogP) is 10.3. The van der Waals surface area contributed by atoms with Crippen LogP contribution in [-0.4, -0.2) is 0 Å². The van der Waals surface area contributed by atoms with E-state index in [-0.39, 0.29) is 0 Å². The highest BCUT2D eigenvalue weighted by Crippen LogP contribution is 2.63. The van der Waals surface area contributed by atoms with E-state index in [1.807, 2.05) is 23.5 Å². The molecule has 0 nitrogen and oxygen atoms in total. The Hall–Kier alpha value is -3.98. The SMILES string of the molecule is c1ccc(-c2cccc3c2Sc2ccccc2C32c3ccccc3Sc3c(-c4ccccc4)cccc32)cc1. The highest BCUT2D eigenvalue weighted by Gasteiger charge is 2.49. The van der Waals surface area contributed by atoms with Crippen molar-refractivity contribution >= 4 is 23.5 Å². The van der Waals surface area contributed by atoms with E-state index < -0.39 is 5.41 Å². The van der Waals surface area contributed by atoms with Crippen molar-refractivity contribution in [1.29, 1.82) is 0 Å². The fraction of sp³-hybridized carbons (Fsp3) is 0.0270. The van der Waals surface area contributed by atoms with Crippen molar-refractivity contribution in [2.45, 2.75) is 25.0 Å². The Labute approximate surface area is 237 Å². The molecule has 2 aliphatic heterocycles. The summed E-state index contributed by atoms with van der Waals surface area (Å²) in [7, 11) is 0. The molecule has 0 bridgehead atoms. The molecule has 0 amide bonds. The van der Waals surface area contributed by atoms with Gasteiger partial charge in [0.15, 0.2) is 0 Å². The van der Waals surface area contributed by atoms with Gasteiger partial charge in [0.2, 0.25) is 0 Å². The van der Waals surface area contributed by atoms with Crippen LogP contribution in [0.5, 0.6) is 0 Å². The molecule has 2 aliphatic rings. The van der Waals surface area contributed by atoms with Crippen LogP contribution in [-0.2, 0) is 5.41 Å². The minimum Gasteiger partial charge on any atom is -0.0888 e. The smallest absolute Gasteiger partial charge is 0.0745 e. The first kappa shape index (κ1) is 23.0. The molecule has 0 N–H and O–H groups in total. The fourth-order valence-electron chi connectivity index (χ4n) is 6.40. The second-order valence-corrected chi connectivity index (χ2v) is 12.1. The standard InChI is InChI=1S/C37H24S2/c1-3-13-25(14-4-1)27-17-11-21-31-35(27)38-33-23-9-7-19-29(33)37(31)30-20-8-10-24-34(30)39-36-28(18-12-22-32(36)37)26-15-5-2-6-16-26/h1-24H. The second kappa shape index (κ2) is 9.05. The highest BCUT2D eigenvalue weighted by molar-refractivity contribution is 8.00. The Morgan fingerprint density at radius 2 is 0.718 bits per heavy atom. The van der Waals surface area contributed by atoms with E-state index in [0.717, 1.165) is 0 Å². The number of benzene rings is 6. The van der Waals surface area contributed by atoms with Crippen LogP contribution in [0.15, 0.2) is 165 Å². The van der Waals surface area contributed by atoms with E-state index in [4.69, 9.17) is 0 Å². The lowest BCUT2D eigenvalue weighted by atomic mass is 9.64. The molecular weight excluding hydrogens is 509 g/mol. The van der Waals surface area contributed by atoms with E-state index in [1.54, 1.807) is 0 Å². The van der Waals surface area contributed by atoms with Gasteiger partial charge in [-0.25, -0.2) is 0 Å². The topological polar surface area (TPSA) is 0 Å². The summed E-state index contributed by atoms with van der Waals surface area (Å²) < 4.78 is 0. The molecule has 2 heterocycles. The van der Waals surface area contributed by atoms with Crippen LogP contribution in [0.1, 0.15) is 22.3 Å². The van der Waals surface area contributed by atoms with Gasteiger partial charge in [0.25, 0.3) is 0 Å². The summed E-state index contributed by atoms with van der Waals surface area (Å²) in [5.74, 6) is 0. The number of fused-ring (bicyclic) bond motifs is 8. The average Bonchev–Trinajstić information content (AvgIpc) is 3.01. The van der Waals surface area contributed by atoms with Crippen molar-refractivity contribution in [3.05, 3.63) is 168 Å². The van der Waals surface area contributed by atoms with Crippen LogP contribution in [0.2, 0.25) is 0 Å². The molecule has 6 aromatic carbocycles. The van der Waals surface area contributed by atoms with Crippen LogP contribution in [0.25, 0.3) is 22.3 Å². The zero-order valence-electron chi connectivity index (χ0n) is 21.2. The Morgan fingerprint density at radius 1 is 0.333 bits per heavy atom. The third kappa shape index (κ3) is 3.35. The predicted molar refractivity (Wildman–Crippen MR) is 164 cm³/mol. The molecule has 2 heteroatoms. The van der Waals surface area contributed by atoms with Gasteiger partial charge in [-0.05, 0) is 56.6 Å². The van der Waals surface area contributed by atoms with Gasteiger partial charge >= 0.3 is 0 Å². The maximum absolute atomic E-state index is 2.37. The molecule has 184 valence electrons. The van der Waals surface area contributed by atoms with Gasteiger partial charge in [-0.3, -0.25) is 0 Å². The molecule has 0 saturated heterocycles. The number of hydrogen-bond acceptors (Lipinski definition) is 2. The van der Waals surface area contributed by atoms with Gasteiger partial charge in [0.05, 0.1) is 5.41 Å². The van der Waals surface area contributed by atoms with E-state index in [0.29, 0.717) is 0 Å². The zero-order valence-corrected chi connectivity index (χ0v) is 22.8. The summed E-state index contributed by atoms with van der Waals surface area (Å²) in [4.78, 5) is 5.35. The molecule has 0 aromatic heterocycles. The van der Waals surface area contributed by atoms with Gasteiger partial charge in [-0.1, -0.05) is 157 Å². The van der Waals surface area contributed by atoms with Gasteiger partial charge in [-0.2, -0.15) is 0 Å². The molecule has 0 aliphatic carbocycles. The van der Waals surface area contributed by atoms with Crippen molar-refractivity contribution in [1.82, 2.24) is 0 Å². The number of hydrogen-bond donors (Lipinski definition) is 0. The molecule has 39 heavy (non-hydrogen) atoms. The highest BCUT2D eigenvalue weighted by atomic mass is 32.2. The molecular formula is C37H24S2. The molecule has 0 unspecified atom stereocenters. The maximum atomic E-state index is 2.37. The van der Waals surface area contributed by atoms with Crippen molar-refractivity contribution in [2.24, 2.45) is 0 Å². The van der Waals surface area contributed by atoms with Gasteiger partial charge in [-0.15, -0.1) is 0 Å². The minimum absolute atomic E-state index is 0.413. The van der Waals surface area contributed by atoms with Crippen molar-refractivity contribution < 1.29 is 0 Å². The Balaban J connectivity index is 1.53. The van der Waals surface area contributed by atoms with Crippen LogP contribution in [0.3, 0.4) is 0 Å².